The van der Waals surface area contributed by atoms with Crippen LogP contribution in [0.25, 0.3) is 0 Å². The second-order valence-corrected chi connectivity index (χ2v) is 6.66. The van der Waals surface area contributed by atoms with Gasteiger partial charge in [0.15, 0.2) is 0 Å². The predicted molar refractivity (Wildman–Crippen MR) is 109 cm³/mol. The first kappa shape index (κ1) is 26.0. The Bertz CT molecular complexity index is 861. The van der Waals surface area contributed by atoms with Gasteiger partial charge in [-0.1, -0.05) is 30.3 Å². The van der Waals surface area contributed by atoms with Crippen LogP contribution in [0.2, 0.25) is 0 Å². The highest BCUT2D eigenvalue weighted by atomic mass is 16.4. The molecule has 0 aliphatic carbocycles. The fraction of sp³-hybridized carbons (Fsp3) is 0.368. The first-order valence-corrected chi connectivity index (χ1v) is 9.43. The summed E-state index contributed by atoms with van der Waals surface area (Å²) < 4.78 is 0. The summed E-state index contributed by atoms with van der Waals surface area (Å²) in [7, 11) is 0. The molecule has 13 nitrogen and oxygen atoms in total. The number of hydrogen-bond donors (Lipinski definition) is 7. The van der Waals surface area contributed by atoms with Crippen LogP contribution in [0.4, 0.5) is 0 Å². The maximum absolute atomic E-state index is 12.5. The topological polar surface area (TPSA) is 217 Å². The third kappa shape index (κ3) is 8.79. The molecule has 0 aliphatic heterocycles. The number of nitrogens with one attached hydrogen (secondary N) is 4. The number of benzene rings is 1. The zero-order chi connectivity index (χ0) is 24.3. The van der Waals surface area contributed by atoms with Crippen LogP contribution >= 0.6 is 0 Å². The molecule has 1 rings (SSSR count). The molecule has 3 atom stereocenters. The third-order valence-corrected chi connectivity index (χ3v) is 4.13. The second-order valence-electron chi connectivity index (χ2n) is 6.66. The van der Waals surface area contributed by atoms with Gasteiger partial charge in [0.25, 0.3) is 0 Å². The van der Waals surface area contributed by atoms with Gasteiger partial charge in [-0.3, -0.25) is 24.0 Å². The number of carboxylic acid groups (broad SMARTS) is 2. The summed E-state index contributed by atoms with van der Waals surface area (Å²) in [6, 6.07) is 4.92. The molecule has 0 aliphatic rings. The summed E-state index contributed by atoms with van der Waals surface area (Å²) in [5.41, 5.74) is 6.06. The fourth-order valence-electron chi connectivity index (χ4n) is 2.47. The zero-order valence-electron chi connectivity index (χ0n) is 17.2. The van der Waals surface area contributed by atoms with E-state index in [-0.39, 0.29) is 6.42 Å². The highest BCUT2D eigenvalue weighted by molar-refractivity contribution is 6.32. The monoisotopic (exact) mass is 451 g/mol. The van der Waals surface area contributed by atoms with Gasteiger partial charge in [-0.05, 0) is 12.5 Å². The highest BCUT2D eigenvalue weighted by Gasteiger charge is 2.28. The van der Waals surface area contributed by atoms with Gasteiger partial charge in [0.1, 0.15) is 24.7 Å². The number of carboxylic acids is 2. The van der Waals surface area contributed by atoms with Crippen LogP contribution in [0.15, 0.2) is 30.3 Å². The lowest BCUT2D eigenvalue weighted by Gasteiger charge is -2.22. The van der Waals surface area contributed by atoms with Gasteiger partial charge in [-0.25, -0.2) is 4.79 Å². The largest absolute Gasteiger partial charge is 0.480 e. The maximum Gasteiger partial charge on any atom is 0.394 e. The lowest BCUT2D eigenvalue weighted by molar-refractivity contribution is -0.151. The minimum absolute atomic E-state index is 0.0544. The Kier molecular flexibility index (Phi) is 10.3. The minimum Gasteiger partial charge on any atom is -0.480 e. The number of hydrogen-bond acceptors (Lipinski definition) is 7. The molecule has 0 saturated heterocycles. The van der Waals surface area contributed by atoms with E-state index in [1.807, 2.05) is 5.32 Å². The van der Waals surface area contributed by atoms with Crippen LogP contribution in [0.5, 0.6) is 0 Å². The average molecular weight is 451 g/mol. The van der Waals surface area contributed by atoms with Crippen molar-refractivity contribution in [3.63, 3.8) is 0 Å². The molecule has 0 aromatic heterocycles. The van der Waals surface area contributed by atoms with E-state index >= 15 is 0 Å². The summed E-state index contributed by atoms with van der Waals surface area (Å²) in [4.78, 5) is 69.7. The first-order chi connectivity index (χ1) is 15.0. The summed E-state index contributed by atoms with van der Waals surface area (Å²) in [6.45, 7) is 0.232. The second kappa shape index (κ2) is 12.6. The Morgan fingerprint density at radius 1 is 0.875 bits per heavy atom. The Labute approximate surface area is 182 Å². The Hall–Kier alpha value is -4.00. The number of rotatable bonds is 11. The molecule has 1 aromatic carbocycles. The molecule has 13 heteroatoms. The van der Waals surface area contributed by atoms with E-state index in [1.54, 1.807) is 30.3 Å². The molecule has 4 amide bonds. The molecule has 8 N–H and O–H groups in total. The van der Waals surface area contributed by atoms with Crippen molar-refractivity contribution in [2.75, 3.05) is 13.1 Å². The zero-order valence-corrected chi connectivity index (χ0v) is 17.2. The van der Waals surface area contributed by atoms with Crippen LogP contribution < -0.4 is 27.0 Å². The lowest BCUT2D eigenvalue weighted by Crippen LogP contribution is -2.58. The van der Waals surface area contributed by atoms with E-state index in [2.05, 4.69) is 16.0 Å². The molecule has 0 saturated carbocycles. The Balaban J connectivity index is 2.82. The Morgan fingerprint density at radius 2 is 1.50 bits per heavy atom. The number of aliphatic carboxylic acids is 2. The summed E-state index contributed by atoms with van der Waals surface area (Å²) in [5.74, 6) is -6.93. The van der Waals surface area contributed by atoms with E-state index in [1.165, 1.54) is 6.92 Å². The van der Waals surface area contributed by atoms with E-state index < -0.39 is 66.8 Å². The summed E-state index contributed by atoms with van der Waals surface area (Å²) in [5, 5.41) is 26.2. The molecule has 0 spiro atoms. The van der Waals surface area contributed by atoms with Crippen molar-refractivity contribution >= 4 is 35.6 Å². The standard InChI is InChI=1S/C19H25N5O8/c1-10(22-17(29)13(8-20)24-18(30)19(31)32)15(27)23-12(16(28)21-9-14(25)26)7-11-5-3-2-4-6-11/h2-6,10,12-13H,7-9,20H2,1H3,(H,21,28)(H,22,29)(H,23,27)(H,24,30)(H,25,26)(H,31,32)/t10-,12-,13-/m0/s1. The van der Waals surface area contributed by atoms with Crippen molar-refractivity contribution < 1.29 is 39.0 Å². The van der Waals surface area contributed by atoms with E-state index in [0.717, 1.165) is 0 Å². The molecule has 32 heavy (non-hydrogen) atoms. The quantitative estimate of drug-likeness (QED) is 0.170. The molecule has 0 unspecified atom stereocenters. The van der Waals surface area contributed by atoms with Gasteiger partial charge in [0, 0.05) is 13.0 Å². The van der Waals surface area contributed by atoms with Crippen LogP contribution in [0.1, 0.15) is 12.5 Å². The highest BCUT2D eigenvalue weighted by Crippen LogP contribution is 2.04. The molecule has 0 fully saturated rings. The fourth-order valence-corrected chi connectivity index (χ4v) is 2.47. The maximum atomic E-state index is 12.5. The third-order valence-electron chi connectivity index (χ3n) is 4.13. The van der Waals surface area contributed by atoms with Crippen molar-refractivity contribution in [3.8, 4) is 0 Å². The van der Waals surface area contributed by atoms with Crippen LogP contribution in [0.3, 0.4) is 0 Å². The van der Waals surface area contributed by atoms with Crippen molar-refractivity contribution in [3.05, 3.63) is 35.9 Å². The smallest absolute Gasteiger partial charge is 0.394 e. The number of nitrogens with two attached hydrogens (primary N) is 1. The summed E-state index contributed by atoms with van der Waals surface area (Å²) >= 11 is 0. The van der Waals surface area contributed by atoms with Crippen molar-refractivity contribution in [1.29, 1.82) is 0 Å². The van der Waals surface area contributed by atoms with Gasteiger partial charge in [0.05, 0.1) is 0 Å². The molecule has 0 heterocycles. The van der Waals surface area contributed by atoms with Gasteiger partial charge in [0.2, 0.25) is 17.7 Å². The van der Waals surface area contributed by atoms with Gasteiger partial charge in [-0.2, -0.15) is 0 Å². The molecular formula is C19H25N5O8. The van der Waals surface area contributed by atoms with Crippen LogP contribution in [-0.4, -0.2) is 77.0 Å². The first-order valence-electron chi connectivity index (χ1n) is 9.43. The number of carbonyl (C=O) groups excluding carboxylic acids is 4. The average Bonchev–Trinajstić information content (AvgIpc) is 2.75. The molecule has 174 valence electrons. The minimum atomic E-state index is -1.81. The predicted octanol–water partition coefficient (Wildman–Crippen LogP) is -3.05. The van der Waals surface area contributed by atoms with Crippen molar-refractivity contribution in [2.24, 2.45) is 5.73 Å². The number of amides is 4. The van der Waals surface area contributed by atoms with Crippen LogP contribution in [-0.2, 0) is 35.2 Å². The van der Waals surface area contributed by atoms with Crippen LogP contribution in [0, 0.1) is 0 Å². The van der Waals surface area contributed by atoms with E-state index in [9.17, 15) is 28.8 Å². The van der Waals surface area contributed by atoms with Gasteiger partial charge < -0.3 is 37.2 Å². The normalized spacial score (nSPS) is 13.1. The Morgan fingerprint density at radius 3 is 2.03 bits per heavy atom. The number of carbonyl (C=O) groups is 6. The summed E-state index contributed by atoms with van der Waals surface area (Å²) in [6.07, 6.45) is 0.0544. The SMILES string of the molecule is C[C@H](NC(=O)[C@H](CN)NC(=O)C(=O)O)C(=O)N[C@@H](Cc1ccccc1)C(=O)NCC(=O)O. The van der Waals surface area contributed by atoms with Crippen molar-refractivity contribution in [1.82, 2.24) is 21.3 Å². The van der Waals surface area contributed by atoms with Gasteiger partial charge >= 0.3 is 17.8 Å². The molecular weight excluding hydrogens is 426 g/mol. The molecule has 0 radical (unpaired) electrons. The van der Waals surface area contributed by atoms with E-state index in [0.29, 0.717) is 5.56 Å². The van der Waals surface area contributed by atoms with Gasteiger partial charge in [-0.15, -0.1) is 0 Å². The molecule has 1 aromatic rings. The van der Waals surface area contributed by atoms with E-state index in [4.69, 9.17) is 15.9 Å². The lowest BCUT2D eigenvalue weighted by atomic mass is 10.0. The molecule has 0 bridgehead atoms. The van der Waals surface area contributed by atoms with Crippen molar-refractivity contribution in [2.45, 2.75) is 31.5 Å².